The van der Waals surface area contributed by atoms with Crippen LogP contribution in [0.25, 0.3) is 11.1 Å². The van der Waals surface area contributed by atoms with Crippen molar-refractivity contribution in [2.45, 2.75) is 6.54 Å². The van der Waals surface area contributed by atoms with Gasteiger partial charge in [0.25, 0.3) is 11.4 Å². The van der Waals surface area contributed by atoms with Crippen LogP contribution in [0.15, 0.2) is 45.6 Å². The first kappa shape index (κ1) is 18.1. The van der Waals surface area contributed by atoms with E-state index < -0.39 is 28.1 Å². The summed E-state index contributed by atoms with van der Waals surface area (Å²) in [6.45, 7) is -0.536. The number of amides is 1. The molecule has 0 fully saturated rings. The number of nitrogens with one attached hydrogen (secondary N) is 1. The molecule has 0 unspecified atom stereocenters. The number of nitro groups is 2. The molecule has 0 radical (unpaired) electrons. The first-order valence-corrected chi connectivity index (χ1v) is 7.65. The molecule has 0 atom stereocenters. The summed E-state index contributed by atoms with van der Waals surface area (Å²) in [4.78, 5) is 44.6. The van der Waals surface area contributed by atoms with E-state index in [9.17, 15) is 29.8 Å². The highest BCUT2D eigenvalue weighted by Crippen LogP contribution is 2.27. The van der Waals surface area contributed by atoms with Gasteiger partial charge in [-0.2, -0.15) is 0 Å². The van der Waals surface area contributed by atoms with Crippen molar-refractivity contribution in [2.75, 3.05) is 5.32 Å². The average molecular weight is 393 g/mol. The van der Waals surface area contributed by atoms with E-state index in [0.717, 1.165) is 16.7 Å². The van der Waals surface area contributed by atoms with Gasteiger partial charge in [-0.05, 0) is 12.1 Å². The molecule has 0 spiro atoms. The molecule has 0 bridgehead atoms. The van der Waals surface area contributed by atoms with E-state index in [1.54, 1.807) is 0 Å². The summed E-state index contributed by atoms with van der Waals surface area (Å²) < 4.78 is 5.85. The van der Waals surface area contributed by atoms with Gasteiger partial charge < -0.3 is 9.73 Å². The molecular weight excluding hydrogens is 384 g/mol. The van der Waals surface area contributed by atoms with Crippen molar-refractivity contribution in [3.05, 3.63) is 72.2 Å². The molecule has 2 aromatic carbocycles. The van der Waals surface area contributed by atoms with Gasteiger partial charge in [-0.1, -0.05) is 11.6 Å². The lowest BCUT2D eigenvalue weighted by molar-refractivity contribution is -0.384. The van der Waals surface area contributed by atoms with Gasteiger partial charge in [-0.3, -0.25) is 29.6 Å². The third-order valence-corrected chi connectivity index (χ3v) is 3.93. The topological polar surface area (TPSA) is 151 Å². The average Bonchev–Trinajstić information content (AvgIpc) is 2.91. The number of nitrogens with zero attached hydrogens (tertiary/aromatic N) is 3. The molecule has 138 valence electrons. The van der Waals surface area contributed by atoms with Gasteiger partial charge in [-0.25, -0.2) is 4.79 Å². The van der Waals surface area contributed by atoms with Gasteiger partial charge in [0, 0.05) is 24.3 Å². The molecule has 0 aliphatic heterocycles. The number of nitro benzene ring substituents is 2. The molecule has 0 saturated heterocycles. The number of halogens is 1. The summed E-state index contributed by atoms with van der Waals surface area (Å²) >= 11 is 5.91. The van der Waals surface area contributed by atoms with Crippen LogP contribution in [0.4, 0.5) is 17.1 Å². The predicted octanol–water partition coefficient (Wildman–Crippen LogP) is 2.70. The first-order valence-electron chi connectivity index (χ1n) is 7.28. The standard InChI is InChI=1S/C15H9ClN4O7/c16-10-3-1-8(19(23)24)5-11(10)17-14(21)7-18-12-6-9(20(25)26)2-4-13(12)27-15(18)22/h1-6H,7H2,(H,17,21). The SMILES string of the molecule is O=C(Cn1c(=O)oc2ccc([N+](=O)[O-])cc21)Nc1cc([N+](=O)[O-])ccc1Cl. The summed E-state index contributed by atoms with van der Waals surface area (Å²) in [5.74, 6) is -1.61. The molecular formula is C15H9ClN4O7. The number of hydrogen-bond acceptors (Lipinski definition) is 7. The zero-order valence-corrected chi connectivity index (χ0v) is 14.0. The quantitative estimate of drug-likeness (QED) is 0.517. The van der Waals surface area contributed by atoms with Crippen LogP contribution in [0.3, 0.4) is 0 Å². The summed E-state index contributed by atoms with van der Waals surface area (Å²) in [6, 6.07) is 7.01. The van der Waals surface area contributed by atoms with Crippen LogP contribution < -0.4 is 11.1 Å². The fraction of sp³-hybridized carbons (Fsp3) is 0.0667. The third-order valence-electron chi connectivity index (χ3n) is 3.60. The van der Waals surface area contributed by atoms with Gasteiger partial charge in [-0.15, -0.1) is 0 Å². The molecule has 27 heavy (non-hydrogen) atoms. The lowest BCUT2D eigenvalue weighted by Gasteiger charge is -2.07. The molecule has 0 saturated carbocycles. The number of benzene rings is 2. The second kappa shape index (κ2) is 6.88. The van der Waals surface area contributed by atoms with Crippen molar-refractivity contribution in [1.29, 1.82) is 0 Å². The number of oxazole rings is 1. The largest absolute Gasteiger partial charge is 0.420 e. The molecule has 0 aliphatic rings. The maximum atomic E-state index is 12.3. The van der Waals surface area contributed by atoms with Gasteiger partial charge in [0.2, 0.25) is 5.91 Å². The van der Waals surface area contributed by atoms with Crippen LogP contribution in [0.5, 0.6) is 0 Å². The first-order chi connectivity index (χ1) is 12.8. The number of carbonyl (C=O) groups excluding carboxylic acids is 1. The highest BCUT2D eigenvalue weighted by molar-refractivity contribution is 6.33. The molecule has 1 amide bonds. The van der Waals surface area contributed by atoms with E-state index in [0.29, 0.717) is 0 Å². The van der Waals surface area contributed by atoms with E-state index in [2.05, 4.69) is 5.32 Å². The Bertz CT molecular complexity index is 1150. The summed E-state index contributed by atoms with van der Waals surface area (Å²) in [5.41, 5.74) is -0.431. The Morgan fingerprint density at radius 1 is 1.11 bits per heavy atom. The van der Waals surface area contributed by atoms with Crippen LogP contribution in [0.2, 0.25) is 5.02 Å². The van der Waals surface area contributed by atoms with Gasteiger partial charge in [0.15, 0.2) is 5.58 Å². The highest BCUT2D eigenvalue weighted by Gasteiger charge is 2.18. The Balaban J connectivity index is 1.90. The molecule has 1 aromatic heterocycles. The predicted molar refractivity (Wildman–Crippen MR) is 93.9 cm³/mol. The lowest BCUT2D eigenvalue weighted by atomic mass is 10.2. The maximum Gasteiger partial charge on any atom is 0.420 e. The fourth-order valence-corrected chi connectivity index (χ4v) is 2.53. The van der Waals surface area contributed by atoms with Crippen molar-refractivity contribution >= 4 is 45.7 Å². The van der Waals surface area contributed by atoms with E-state index in [4.69, 9.17) is 16.0 Å². The minimum atomic E-state index is -0.884. The van der Waals surface area contributed by atoms with E-state index >= 15 is 0 Å². The number of aromatic nitrogens is 1. The van der Waals surface area contributed by atoms with Crippen LogP contribution in [0.1, 0.15) is 0 Å². The Kier molecular flexibility index (Phi) is 4.60. The number of rotatable bonds is 5. The number of carbonyl (C=O) groups is 1. The monoisotopic (exact) mass is 392 g/mol. The molecule has 11 nitrogen and oxygen atoms in total. The Labute approximate surface area is 154 Å². The zero-order valence-electron chi connectivity index (χ0n) is 13.2. The minimum Gasteiger partial charge on any atom is -0.408 e. The van der Waals surface area contributed by atoms with Crippen LogP contribution >= 0.6 is 11.6 Å². The molecule has 3 aromatic rings. The van der Waals surface area contributed by atoms with Gasteiger partial charge in [0.1, 0.15) is 6.54 Å². The summed E-state index contributed by atoms with van der Waals surface area (Å²) in [7, 11) is 0. The Hall–Kier alpha value is -3.73. The lowest BCUT2D eigenvalue weighted by Crippen LogP contribution is -2.24. The highest BCUT2D eigenvalue weighted by atomic mass is 35.5. The Morgan fingerprint density at radius 3 is 2.41 bits per heavy atom. The van der Waals surface area contributed by atoms with Crippen molar-refractivity contribution in [3.63, 3.8) is 0 Å². The number of hydrogen-bond donors (Lipinski definition) is 1. The molecule has 1 heterocycles. The third kappa shape index (κ3) is 3.62. The maximum absolute atomic E-state index is 12.3. The van der Waals surface area contributed by atoms with Crippen LogP contribution in [-0.2, 0) is 11.3 Å². The van der Waals surface area contributed by atoms with E-state index in [1.807, 2.05) is 0 Å². The van der Waals surface area contributed by atoms with Crippen molar-refractivity contribution in [3.8, 4) is 0 Å². The fourth-order valence-electron chi connectivity index (χ4n) is 2.37. The summed E-state index contributed by atoms with van der Waals surface area (Å²) in [6.07, 6.45) is 0. The Morgan fingerprint density at radius 2 is 1.74 bits per heavy atom. The molecule has 12 heteroatoms. The smallest absolute Gasteiger partial charge is 0.408 e. The van der Waals surface area contributed by atoms with Gasteiger partial charge >= 0.3 is 5.76 Å². The van der Waals surface area contributed by atoms with Gasteiger partial charge in [0.05, 0.1) is 26.1 Å². The normalized spacial score (nSPS) is 10.7. The molecule has 0 aliphatic carbocycles. The van der Waals surface area contributed by atoms with E-state index in [-0.39, 0.29) is 33.2 Å². The number of non-ortho nitro benzene ring substituents is 2. The second-order valence-electron chi connectivity index (χ2n) is 5.33. The van der Waals surface area contributed by atoms with Crippen LogP contribution in [-0.4, -0.2) is 20.3 Å². The van der Waals surface area contributed by atoms with Crippen molar-refractivity contribution in [1.82, 2.24) is 4.57 Å². The number of fused-ring (bicyclic) bond motifs is 1. The number of anilines is 1. The van der Waals surface area contributed by atoms with Crippen LogP contribution in [0, 0.1) is 20.2 Å². The minimum absolute atomic E-state index is 0.0114. The van der Waals surface area contributed by atoms with E-state index in [1.165, 1.54) is 24.3 Å². The zero-order chi connectivity index (χ0) is 19.7. The second-order valence-corrected chi connectivity index (χ2v) is 5.74. The molecule has 1 N–H and O–H groups in total. The van der Waals surface area contributed by atoms with Crippen molar-refractivity contribution < 1.29 is 19.1 Å². The molecule has 3 rings (SSSR count). The van der Waals surface area contributed by atoms with Crippen molar-refractivity contribution in [2.24, 2.45) is 0 Å². The summed E-state index contributed by atoms with van der Waals surface area (Å²) in [5, 5.41) is 24.1.